The van der Waals surface area contributed by atoms with Gasteiger partial charge in [-0.05, 0) is 31.2 Å². The predicted octanol–water partition coefficient (Wildman–Crippen LogP) is 2.52. The van der Waals surface area contributed by atoms with Gasteiger partial charge in [0.05, 0.1) is 6.04 Å². The average molecular weight is 274 g/mol. The quantitative estimate of drug-likeness (QED) is 0.722. The van der Waals surface area contributed by atoms with Crippen LogP contribution in [0.25, 0.3) is 0 Å². The molecular weight excluding hydrogens is 252 g/mol. The van der Waals surface area contributed by atoms with Crippen LogP contribution in [0.1, 0.15) is 37.3 Å². The van der Waals surface area contributed by atoms with E-state index in [2.05, 4.69) is 22.8 Å². The van der Waals surface area contributed by atoms with Gasteiger partial charge in [0.2, 0.25) is 0 Å². The van der Waals surface area contributed by atoms with Gasteiger partial charge in [-0.3, -0.25) is 0 Å². The molecule has 2 atom stereocenters. The first-order chi connectivity index (χ1) is 9.79. The molecule has 1 aliphatic carbocycles. The number of nitrogens with one attached hydrogen (secondary N) is 2. The number of hydrogen-bond acceptors (Lipinski definition) is 2. The smallest absolute Gasteiger partial charge is 0.315 e. The van der Waals surface area contributed by atoms with E-state index >= 15 is 0 Å². The van der Waals surface area contributed by atoms with Gasteiger partial charge < -0.3 is 15.7 Å². The van der Waals surface area contributed by atoms with Gasteiger partial charge in [-0.15, -0.1) is 0 Å². The van der Waals surface area contributed by atoms with Crippen molar-refractivity contribution in [2.45, 2.75) is 37.8 Å². The zero-order chi connectivity index (χ0) is 14.2. The molecule has 3 N–H and O–H groups in total. The second kappa shape index (κ2) is 7.70. The number of aliphatic hydroxyl groups excluding tert-OH is 1. The molecule has 0 aromatic heterocycles. The number of carbonyl (C=O) groups is 1. The fraction of sp³-hybridized carbons (Fsp3) is 0.438. The average Bonchev–Trinajstić information content (AvgIpc) is 2.49. The zero-order valence-electron chi connectivity index (χ0n) is 11.6. The van der Waals surface area contributed by atoms with Crippen LogP contribution in [-0.4, -0.2) is 23.8 Å². The Morgan fingerprint density at radius 2 is 2.10 bits per heavy atom. The van der Waals surface area contributed by atoms with E-state index in [4.69, 9.17) is 5.11 Å². The molecule has 1 aromatic rings. The van der Waals surface area contributed by atoms with E-state index in [0.717, 1.165) is 24.8 Å². The van der Waals surface area contributed by atoms with Crippen LogP contribution in [-0.2, 0) is 0 Å². The number of aliphatic hydroxyl groups is 1. The van der Waals surface area contributed by atoms with Crippen molar-refractivity contribution in [3.63, 3.8) is 0 Å². The summed E-state index contributed by atoms with van der Waals surface area (Å²) in [6, 6.07) is 9.64. The van der Waals surface area contributed by atoms with Crippen molar-refractivity contribution in [2.75, 3.05) is 6.61 Å². The number of amides is 2. The molecule has 0 saturated carbocycles. The lowest BCUT2D eigenvalue weighted by molar-refractivity contribution is 0.225. The predicted molar refractivity (Wildman–Crippen MR) is 79.3 cm³/mol. The van der Waals surface area contributed by atoms with Gasteiger partial charge in [-0.25, -0.2) is 4.79 Å². The van der Waals surface area contributed by atoms with Crippen molar-refractivity contribution in [1.82, 2.24) is 10.6 Å². The molecule has 4 heteroatoms. The molecular formula is C16H22N2O2. The van der Waals surface area contributed by atoms with Crippen molar-refractivity contribution in [3.8, 4) is 0 Å². The fourth-order valence-electron chi connectivity index (χ4n) is 2.45. The normalized spacial score (nSPS) is 19.4. The van der Waals surface area contributed by atoms with Crippen LogP contribution < -0.4 is 10.6 Å². The maximum atomic E-state index is 12.0. The van der Waals surface area contributed by atoms with Gasteiger partial charge in [-0.2, -0.15) is 0 Å². The number of allylic oxidation sites excluding steroid dienone is 1. The van der Waals surface area contributed by atoms with Crippen molar-refractivity contribution in [2.24, 2.45) is 0 Å². The molecule has 1 aliphatic rings. The topological polar surface area (TPSA) is 61.4 Å². The van der Waals surface area contributed by atoms with Crippen molar-refractivity contribution >= 4 is 6.03 Å². The van der Waals surface area contributed by atoms with Gasteiger partial charge in [0.1, 0.15) is 0 Å². The molecule has 0 fully saturated rings. The third kappa shape index (κ3) is 4.38. The molecule has 0 bridgehead atoms. The summed E-state index contributed by atoms with van der Waals surface area (Å²) in [6.07, 6.45) is 7.67. The monoisotopic (exact) mass is 274 g/mol. The minimum absolute atomic E-state index is 0.0476. The van der Waals surface area contributed by atoms with Crippen LogP contribution in [0.2, 0.25) is 0 Å². The third-order valence-electron chi connectivity index (χ3n) is 3.53. The lowest BCUT2D eigenvalue weighted by atomic mass is 10.0. The van der Waals surface area contributed by atoms with Gasteiger partial charge in [-0.1, -0.05) is 42.5 Å². The summed E-state index contributed by atoms with van der Waals surface area (Å²) in [5.74, 6) is 0. The minimum atomic E-state index is -0.160. The molecule has 108 valence electrons. The number of urea groups is 1. The first kappa shape index (κ1) is 14.6. The maximum absolute atomic E-state index is 12.0. The molecule has 0 spiro atoms. The zero-order valence-corrected chi connectivity index (χ0v) is 11.6. The van der Waals surface area contributed by atoms with Crippen molar-refractivity contribution in [3.05, 3.63) is 48.0 Å². The van der Waals surface area contributed by atoms with E-state index in [1.807, 2.05) is 30.3 Å². The highest BCUT2D eigenvalue weighted by Crippen LogP contribution is 2.16. The minimum Gasteiger partial charge on any atom is -0.396 e. The summed E-state index contributed by atoms with van der Waals surface area (Å²) < 4.78 is 0. The number of benzene rings is 1. The lowest BCUT2D eigenvalue weighted by Gasteiger charge is -2.23. The summed E-state index contributed by atoms with van der Waals surface area (Å²) in [4.78, 5) is 12.0. The first-order valence-electron chi connectivity index (χ1n) is 7.17. The van der Waals surface area contributed by atoms with Crippen LogP contribution >= 0.6 is 0 Å². The second-order valence-electron chi connectivity index (χ2n) is 5.07. The van der Waals surface area contributed by atoms with Crippen LogP contribution in [0.3, 0.4) is 0 Å². The summed E-state index contributed by atoms with van der Waals surface area (Å²) >= 11 is 0. The van der Waals surface area contributed by atoms with Crippen LogP contribution in [0.15, 0.2) is 42.5 Å². The Kier molecular flexibility index (Phi) is 5.62. The van der Waals surface area contributed by atoms with E-state index in [0.29, 0.717) is 6.42 Å². The Labute approximate surface area is 119 Å². The summed E-state index contributed by atoms with van der Waals surface area (Å²) in [5.41, 5.74) is 1.01. The van der Waals surface area contributed by atoms with Crippen LogP contribution in [0.5, 0.6) is 0 Å². The van der Waals surface area contributed by atoms with Crippen LogP contribution in [0.4, 0.5) is 4.79 Å². The Balaban J connectivity index is 1.90. The standard InChI is InChI=1S/C16H22N2O2/c19-12-11-15(13-7-3-1-4-8-13)18-16(20)17-14-9-5-2-6-10-14/h1-5,7-8,14-15,19H,6,9-12H2,(H2,17,18,20)/t14?,15-/m1/s1. The molecule has 20 heavy (non-hydrogen) atoms. The summed E-state index contributed by atoms with van der Waals surface area (Å²) in [7, 11) is 0. The highest BCUT2D eigenvalue weighted by atomic mass is 16.3. The second-order valence-corrected chi connectivity index (χ2v) is 5.07. The Bertz CT molecular complexity index is 445. The highest BCUT2D eigenvalue weighted by Gasteiger charge is 2.17. The molecule has 0 aliphatic heterocycles. The lowest BCUT2D eigenvalue weighted by Crippen LogP contribution is -2.43. The summed E-state index contributed by atoms with van der Waals surface area (Å²) in [6.45, 7) is 0.0476. The van der Waals surface area contributed by atoms with Gasteiger partial charge >= 0.3 is 6.03 Å². The molecule has 1 aromatic carbocycles. The fourth-order valence-corrected chi connectivity index (χ4v) is 2.45. The number of rotatable bonds is 5. The molecule has 0 radical (unpaired) electrons. The molecule has 0 heterocycles. The number of carbonyl (C=O) groups excluding carboxylic acids is 1. The van der Waals surface area contributed by atoms with Gasteiger partial charge in [0.25, 0.3) is 0 Å². The summed E-state index contributed by atoms with van der Waals surface area (Å²) in [5, 5.41) is 15.1. The van der Waals surface area contributed by atoms with E-state index < -0.39 is 0 Å². The third-order valence-corrected chi connectivity index (χ3v) is 3.53. The largest absolute Gasteiger partial charge is 0.396 e. The Hall–Kier alpha value is -1.81. The molecule has 1 unspecified atom stereocenters. The SMILES string of the molecule is O=C(NC1CC=CCC1)N[C@H](CCO)c1ccccc1. The van der Waals surface area contributed by atoms with Gasteiger partial charge in [0, 0.05) is 12.6 Å². The molecule has 0 saturated heterocycles. The van der Waals surface area contributed by atoms with Gasteiger partial charge in [0.15, 0.2) is 0 Å². The van der Waals surface area contributed by atoms with E-state index in [1.165, 1.54) is 0 Å². The van der Waals surface area contributed by atoms with E-state index in [1.54, 1.807) is 0 Å². The number of hydrogen-bond donors (Lipinski definition) is 3. The van der Waals surface area contributed by atoms with Crippen molar-refractivity contribution in [1.29, 1.82) is 0 Å². The first-order valence-corrected chi connectivity index (χ1v) is 7.17. The van der Waals surface area contributed by atoms with E-state index in [-0.39, 0.29) is 24.7 Å². The van der Waals surface area contributed by atoms with Crippen LogP contribution in [0, 0.1) is 0 Å². The molecule has 2 rings (SSSR count). The maximum Gasteiger partial charge on any atom is 0.315 e. The molecule has 4 nitrogen and oxygen atoms in total. The Morgan fingerprint density at radius 1 is 1.30 bits per heavy atom. The molecule has 2 amide bonds. The van der Waals surface area contributed by atoms with E-state index in [9.17, 15) is 4.79 Å². The van der Waals surface area contributed by atoms with Crippen molar-refractivity contribution < 1.29 is 9.90 Å². The Morgan fingerprint density at radius 3 is 2.75 bits per heavy atom. The highest BCUT2D eigenvalue weighted by molar-refractivity contribution is 5.74.